The third kappa shape index (κ3) is 3.97. The second kappa shape index (κ2) is 6.95. The quantitative estimate of drug-likeness (QED) is 0.785. The fourth-order valence-electron chi connectivity index (χ4n) is 2.80. The minimum absolute atomic E-state index is 0.808. The van der Waals surface area contributed by atoms with E-state index < -0.39 is 0 Å². The molecule has 2 heteroatoms. The SMILES string of the molecule is CCCNCc1ccc(N2CCC(C(C)C)C2)cc1. The van der Waals surface area contributed by atoms with Crippen molar-refractivity contribution in [2.24, 2.45) is 11.8 Å². The number of hydrogen-bond donors (Lipinski definition) is 1. The Morgan fingerprint density at radius 2 is 2.00 bits per heavy atom. The van der Waals surface area contributed by atoms with Gasteiger partial charge >= 0.3 is 0 Å². The Bertz CT molecular complexity index is 369. The Kier molecular flexibility index (Phi) is 5.26. The van der Waals surface area contributed by atoms with Crippen LogP contribution in [0.2, 0.25) is 0 Å². The Labute approximate surface area is 118 Å². The molecule has 1 saturated heterocycles. The van der Waals surface area contributed by atoms with Gasteiger partial charge in [-0.1, -0.05) is 32.9 Å². The monoisotopic (exact) mass is 260 g/mol. The van der Waals surface area contributed by atoms with Crippen molar-refractivity contribution in [3.05, 3.63) is 29.8 Å². The summed E-state index contributed by atoms with van der Waals surface area (Å²) in [7, 11) is 0. The van der Waals surface area contributed by atoms with Gasteiger partial charge in [0, 0.05) is 25.3 Å². The maximum atomic E-state index is 3.45. The van der Waals surface area contributed by atoms with Gasteiger partial charge in [0.25, 0.3) is 0 Å². The van der Waals surface area contributed by atoms with E-state index in [1.54, 1.807) is 0 Å². The summed E-state index contributed by atoms with van der Waals surface area (Å²) >= 11 is 0. The van der Waals surface area contributed by atoms with E-state index in [9.17, 15) is 0 Å². The molecule has 0 amide bonds. The van der Waals surface area contributed by atoms with Crippen LogP contribution in [0, 0.1) is 11.8 Å². The van der Waals surface area contributed by atoms with Crippen molar-refractivity contribution < 1.29 is 0 Å². The summed E-state index contributed by atoms with van der Waals surface area (Å²) in [6.07, 6.45) is 2.54. The normalized spacial score (nSPS) is 19.4. The molecule has 2 nitrogen and oxygen atoms in total. The third-order valence-corrected chi connectivity index (χ3v) is 4.22. The third-order valence-electron chi connectivity index (χ3n) is 4.22. The van der Waals surface area contributed by atoms with Crippen molar-refractivity contribution in [2.75, 3.05) is 24.5 Å². The Morgan fingerprint density at radius 3 is 2.58 bits per heavy atom. The van der Waals surface area contributed by atoms with E-state index >= 15 is 0 Å². The molecule has 0 radical (unpaired) electrons. The molecule has 0 bridgehead atoms. The summed E-state index contributed by atoms with van der Waals surface area (Å²) in [6, 6.07) is 9.10. The van der Waals surface area contributed by atoms with Crippen LogP contribution in [0.3, 0.4) is 0 Å². The van der Waals surface area contributed by atoms with Crippen LogP contribution >= 0.6 is 0 Å². The molecule has 1 atom stereocenters. The Morgan fingerprint density at radius 1 is 1.26 bits per heavy atom. The summed E-state index contributed by atoms with van der Waals surface area (Å²) in [5.41, 5.74) is 2.78. The summed E-state index contributed by atoms with van der Waals surface area (Å²) in [4.78, 5) is 2.54. The number of hydrogen-bond acceptors (Lipinski definition) is 2. The zero-order valence-electron chi connectivity index (χ0n) is 12.7. The molecule has 1 heterocycles. The van der Waals surface area contributed by atoms with Gasteiger partial charge in [-0.2, -0.15) is 0 Å². The highest BCUT2D eigenvalue weighted by atomic mass is 15.1. The van der Waals surface area contributed by atoms with Gasteiger partial charge < -0.3 is 10.2 Å². The summed E-state index contributed by atoms with van der Waals surface area (Å²) in [6.45, 7) is 11.4. The lowest BCUT2D eigenvalue weighted by molar-refractivity contribution is 0.423. The van der Waals surface area contributed by atoms with Crippen LogP contribution in [0.25, 0.3) is 0 Å². The average molecular weight is 260 g/mol. The van der Waals surface area contributed by atoms with Crippen LogP contribution in [0.15, 0.2) is 24.3 Å². The molecule has 0 spiro atoms. The van der Waals surface area contributed by atoms with E-state index in [1.807, 2.05) is 0 Å². The van der Waals surface area contributed by atoms with Crippen LogP contribution in [-0.2, 0) is 6.54 Å². The predicted molar refractivity (Wildman–Crippen MR) is 83.6 cm³/mol. The van der Waals surface area contributed by atoms with Crippen molar-refractivity contribution >= 4 is 5.69 Å². The van der Waals surface area contributed by atoms with E-state index in [2.05, 4.69) is 55.3 Å². The lowest BCUT2D eigenvalue weighted by Crippen LogP contribution is -2.21. The summed E-state index contributed by atoms with van der Waals surface area (Å²) in [5.74, 6) is 1.67. The van der Waals surface area contributed by atoms with Crippen molar-refractivity contribution in [1.29, 1.82) is 0 Å². The highest BCUT2D eigenvalue weighted by Gasteiger charge is 2.24. The van der Waals surface area contributed by atoms with Gasteiger partial charge in [0.2, 0.25) is 0 Å². The highest BCUT2D eigenvalue weighted by Crippen LogP contribution is 2.28. The summed E-state index contributed by atoms with van der Waals surface area (Å²) < 4.78 is 0. The first kappa shape index (κ1) is 14.4. The maximum Gasteiger partial charge on any atom is 0.0366 e. The van der Waals surface area contributed by atoms with Gasteiger partial charge in [-0.25, -0.2) is 0 Å². The molecule has 1 fully saturated rings. The minimum atomic E-state index is 0.808. The van der Waals surface area contributed by atoms with Gasteiger partial charge in [-0.05, 0) is 48.9 Å². The summed E-state index contributed by atoms with van der Waals surface area (Å²) in [5, 5.41) is 3.45. The first-order valence-corrected chi connectivity index (χ1v) is 7.75. The van der Waals surface area contributed by atoms with Gasteiger partial charge in [0.05, 0.1) is 0 Å². The fraction of sp³-hybridized carbons (Fsp3) is 0.647. The van der Waals surface area contributed by atoms with Gasteiger partial charge in [0.1, 0.15) is 0 Å². The van der Waals surface area contributed by atoms with Gasteiger partial charge in [0.15, 0.2) is 0 Å². The lowest BCUT2D eigenvalue weighted by Gasteiger charge is -2.20. The zero-order chi connectivity index (χ0) is 13.7. The smallest absolute Gasteiger partial charge is 0.0366 e. The van der Waals surface area contributed by atoms with Crippen LogP contribution in [0.5, 0.6) is 0 Å². The standard InChI is InChI=1S/C17H28N2/c1-4-10-18-12-15-5-7-17(8-6-15)19-11-9-16(13-19)14(2)3/h5-8,14,16,18H,4,9-13H2,1-3H3. The minimum Gasteiger partial charge on any atom is -0.371 e. The van der Waals surface area contributed by atoms with E-state index in [4.69, 9.17) is 0 Å². The molecule has 0 saturated carbocycles. The van der Waals surface area contributed by atoms with Crippen molar-refractivity contribution in [3.63, 3.8) is 0 Å². The fourth-order valence-corrected chi connectivity index (χ4v) is 2.80. The van der Waals surface area contributed by atoms with Crippen LogP contribution in [-0.4, -0.2) is 19.6 Å². The number of rotatable bonds is 6. The molecule has 1 aliphatic heterocycles. The molecule has 19 heavy (non-hydrogen) atoms. The van der Waals surface area contributed by atoms with E-state index in [0.29, 0.717) is 0 Å². The van der Waals surface area contributed by atoms with Gasteiger partial charge in [-0.3, -0.25) is 0 Å². The first-order valence-electron chi connectivity index (χ1n) is 7.75. The average Bonchev–Trinajstić information content (AvgIpc) is 2.90. The van der Waals surface area contributed by atoms with Crippen LogP contribution in [0.1, 0.15) is 39.2 Å². The molecule has 1 aliphatic rings. The number of anilines is 1. The van der Waals surface area contributed by atoms with E-state index in [1.165, 1.54) is 37.2 Å². The molecule has 1 N–H and O–H groups in total. The van der Waals surface area contributed by atoms with Crippen molar-refractivity contribution in [2.45, 2.75) is 40.2 Å². The van der Waals surface area contributed by atoms with Crippen LogP contribution in [0.4, 0.5) is 5.69 Å². The number of nitrogens with one attached hydrogen (secondary N) is 1. The zero-order valence-corrected chi connectivity index (χ0v) is 12.7. The molecular weight excluding hydrogens is 232 g/mol. The second-order valence-electron chi connectivity index (χ2n) is 6.08. The molecule has 1 aromatic rings. The van der Waals surface area contributed by atoms with Crippen LogP contribution < -0.4 is 10.2 Å². The van der Waals surface area contributed by atoms with Gasteiger partial charge in [-0.15, -0.1) is 0 Å². The second-order valence-corrected chi connectivity index (χ2v) is 6.08. The highest BCUT2D eigenvalue weighted by molar-refractivity contribution is 5.48. The first-order chi connectivity index (χ1) is 9.20. The molecular formula is C17H28N2. The van der Waals surface area contributed by atoms with Crippen molar-refractivity contribution in [3.8, 4) is 0 Å². The Hall–Kier alpha value is -1.02. The number of benzene rings is 1. The number of nitrogens with zero attached hydrogens (tertiary/aromatic N) is 1. The topological polar surface area (TPSA) is 15.3 Å². The Balaban J connectivity index is 1.88. The molecule has 0 aliphatic carbocycles. The molecule has 106 valence electrons. The molecule has 1 unspecified atom stereocenters. The van der Waals surface area contributed by atoms with E-state index in [0.717, 1.165) is 24.9 Å². The van der Waals surface area contributed by atoms with Crippen molar-refractivity contribution in [1.82, 2.24) is 5.32 Å². The maximum absolute atomic E-state index is 3.45. The van der Waals surface area contributed by atoms with E-state index in [-0.39, 0.29) is 0 Å². The predicted octanol–water partition coefficient (Wildman–Crippen LogP) is 3.67. The lowest BCUT2D eigenvalue weighted by atomic mass is 9.95. The molecule has 0 aromatic heterocycles. The largest absolute Gasteiger partial charge is 0.371 e. The molecule has 2 rings (SSSR count). The molecule has 1 aromatic carbocycles.